The summed E-state index contributed by atoms with van der Waals surface area (Å²) < 4.78 is 15.1. The smallest absolute Gasteiger partial charge is 0.419 e. The number of amides is 3. The van der Waals surface area contributed by atoms with Gasteiger partial charge in [0.1, 0.15) is 17.3 Å². The Morgan fingerprint density at radius 2 is 1.37 bits per heavy atom. The molecule has 1 unspecified atom stereocenters. The fourth-order valence-electron chi connectivity index (χ4n) is 2.77. The summed E-state index contributed by atoms with van der Waals surface area (Å²) in [5.41, 5.74) is 1.16. The first kappa shape index (κ1) is 32.9. The summed E-state index contributed by atoms with van der Waals surface area (Å²) in [5.74, 6) is 0.00694. The van der Waals surface area contributed by atoms with Crippen LogP contribution in [-0.2, 0) is 19.0 Å². The zero-order valence-corrected chi connectivity index (χ0v) is 24.4. The second-order valence-corrected chi connectivity index (χ2v) is 11.0. The highest BCUT2D eigenvalue weighted by Gasteiger charge is 2.27. The van der Waals surface area contributed by atoms with Crippen LogP contribution in [0.2, 0.25) is 5.02 Å². The molecule has 1 heterocycles. The van der Waals surface area contributed by atoms with Gasteiger partial charge >= 0.3 is 12.2 Å². The lowest BCUT2D eigenvalue weighted by atomic mass is 10.1. The number of hydrogen-bond acceptors (Lipinski definition) is 6. The first-order valence-corrected chi connectivity index (χ1v) is 12.9. The highest BCUT2D eigenvalue weighted by molar-refractivity contribution is 6.30. The van der Waals surface area contributed by atoms with Gasteiger partial charge in [-0.15, -0.1) is 0 Å². The van der Waals surface area contributed by atoms with E-state index in [1.165, 1.54) is 18.2 Å². The molecule has 1 N–H and O–H groups in total. The van der Waals surface area contributed by atoms with Crippen LogP contribution in [0.1, 0.15) is 54.9 Å². The predicted octanol–water partition coefficient (Wildman–Crippen LogP) is 6.71. The van der Waals surface area contributed by atoms with E-state index in [4.69, 9.17) is 25.8 Å². The molecular weight excluding hydrogens is 508 g/mol. The number of benzene rings is 2. The molecule has 0 aliphatic carbocycles. The van der Waals surface area contributed by atoms with E-state index in [9.17, 15) is 14.4 Å². The molecule has 2 aromatic rings. The van der Waals surface area contributed by atoms with Crippen molar-refractivity contribution in [2.45, 2.75) is 72.2 Å². The first-order chi connectivity index (χ1) is 17.6. The van der Waals surface area contributed by atoms with Gasteiger partial charge in [-0.05, 0) is 78.1 Å². The van der Waals surface area contributed by atoms with E-state index < -0.39 is 23.4 Å². The minimum Gasteiger partial charge on any atom is -0.443 e. The summed E-state index contributed by atoms with van der Waals surface area (Å²) >= 11 is 5.80. The molecule has 0 radical (unpaired) electrons. The Morgan fingerprint density at radius 3 is 1.84 bits per heavy atom. The number of rotatable bonds is 1. The van der Waals surface area contributed by atoms with Crippen LogP contribution in [0.25, 0.3) is 11.1 Å². The number of nitrogens with one attached hydrogen (secondary N) is 1. The Morgan fingerprint density at radius 1 is 0.895 bits per heavy atom. The van der Waals surface area contributed by atoms with Crippen LogP contribution in [0.3, 0.4) is 0 Å². The molecule has 2 aromatic carbocycles. The number of ether oxygens (including phenoxy) is 3. The lowest BCUT2D eigenvalue weighted by molar-refractivity contribution is -0.129. The summed E-state index contributed by atoms with van der Waals surface area (Å²) in [4.78, 5) is 34.6. The minimum atomic E-state index is -0.721. The summed E-state index contributed by atoms with van der Waals surface area (Å²) in [7, 11) is 1.32. The van der Waals surface area contributed by atoms with Gasteiger partial charge in [0.15, 0.2) is 0 Å². The van der Waals surface area contributed by atoms with Crippen LogP contribution >= 0.6 is 11.6 Å². The van der Waals surface area contributed by atoms with Crippen LogP contribution in [-0.4, -0.2) is 60.5 Å². The number of carbonyl (C=O) groups is 3. The summed E-state index contributed by atoms with van der Waals surface area (Å²) in [5, 5.41) is 3.51. The topological polar surface area (TPSA) is 94.2 Å². The monoisotopic (exact) mass is 548 g/mol. The molecule has 0 saturated carbocycles. The SMILES string of the molecule is CC1OCCCNC1=O.CN(C(=O)OC(C)(C)C)C(=O)OC(C)(C)C.Clc1ccc(-c2ccccc2)cc1. The highest BCUT2D eigenvalue weighted by atomic mass is 35.5. The number of imide groups is 1. The second kappa shape index (κ2) is 15.3. The van der Waals surface area contributed by atoms with Gasteiger partial charge in [-0.3, -0.25) is 4.79 Å². The fraction of sp³-hybridized carbons (Fsp3) is 0.483. The minimum absolute atomic E-state index is 0.00694. The molecular formula is C29H41ClN2O6. The largest absolute Gasteiger partial charge is 0.443 e. The van der Waals surface area contributed by atoms with Crippen LogP contribution in [0.5, 0.6) is 0 Å². The molecule has 1 fully saturated rings. The lowest BCUT2D eigenvalue weighted by Crippen LogP contribution is -2.41. The van der Waals surface area contributed by atoms with Gasteiger partial charge in [-0.2, -0.15) is 0 Å². The number of carbonyl (C=O) groups excluding carboxylic acids is 3. The Hall–Kier alpha value is -3.10. The molecule has 3 rings (SSSR count). The van der Waals surface area contributed by atoms with Gasteiger partial charge in [-0.1, -0.05) is 54.1 Å². The molecule has 210 valence electrons. The van der Waals surface area contributed by atoms with Crippen molar-refractivity contribution in [1.82, 2.24) is 10.2 Å². The molecule has 0 aromatic heterocycles. The highest BCUT2D eigenvalue weighted by Crippen LogP contribution is 2.20. The molecule has 3 amide bonds. The average Bonchev–Trinajstić information content (AvgIpc) is 3.01. The van der Waals surface area contributed by atoms with Crippen molar-refractivity contribution in [3.63, 3.8) is 0 Å². The Bertz CT molecular complexity index is 986. The van der Waals surface area contributed by atoms with Crippen LogP contribution in [0.15, 0.2) is 54.6 Å². The zero-order chi connectivity index (χ0) is 28.9. The van der Waals surface area contributed by atoms with Crippen LogP contribution in [0.4, 0.5) is 9.59 Å². The lowest BCUT2D eigenvalue weighted by Gasteiger charge is -2.26. The van der Waals surface area contributed by atoms with Crippen molar-refractivity contribution >= 4 is 29.7 Å². The van der Waals surface area contributed by atoms with Crippen molar-refractivity contribution in [1.29, 1.82) is 0 Å². The standard InChI is InChI=1S/C12H9Cl.C11H21NO4.C6H11NO2/c13-12-8-6-11(7-9-12)10-4-2-1-3-5-10;1-10(2,3)15-8(13)12(7)9(14)16-11(4,5)6;1-5-6(8)7-3-2-4-9-5/h1-9H;1-7H3;5H,2-4H2,1H3,(H,7,8). The molecule has 38 heavy (non-hydrogen) atoms. The maximum atomic E-state index is 11.5. The van der Waals surface area contributed by atoms with E-state index in [0.29, 0.717) is 6.61 Å². The molecule has 0 spiro atoms. The molecule has 8 nitrogen and oxygen atoms in total. The normalized spacial score (nSPS) is 15.3. The third kappa shape index (κ3) is 14.0. The molecule has 9 heteroatoms. The van der Waals surface area contributed by atoms with Gasteiger partial charge in [0, 0.05) is 25.2 Å². The average molecular weight is 549 g/mol. The van der Waals surface area contributed by atoms with Gasteiger partial charge in [0.05, 0.1) is 0 Å². The van der Waals surface area contributed by atoms with Crippen LogP contribution < -0.4 is 5.32 Å². The Balaban J connectivity index is 0.000000295. The van der Waals surface area contributed by atoms with Gasteiger partial charge < -0.3 is 19.5 Å². The quantitative estimate of drug-likeness (QED) is 0.426. The zero-order valence-electron chi connectivity index (χ0n) is 23.7. The van der Waals surface area contributed by atoms with E-state index in [0.717, 1.165) is 22.9 Å². The van der Waals surface area contributed by atoms with E-state index in [2.05, 4.69) is 17.4 Å². The van der Waals surface area contributed by atoms with Crippen LogP contribution in [0, 0.1) is 0 Å². The number of hydrogen-bond donors (Lipinski definition) is 1. The van der Waals surface area contributed by atoms with Crippen molar-refractivity contribution in [2.75, 3.05) is 20.2 Å². The third-order valence-corrected chi connectivity index (χ3v) is 4.90. The maximum Gasteiger partial charge on any atom is 0.419 e. The molecule has 1 aliphatic heterocycles. The van der Waals surface area contributed by atoms with Crippen molar-refractivity contribution in [2.24, 2.45) is 0 Å². The molecule has 0 bridgehead atoms. The van der Waals surface area contributed by atoms with Crippen molar-refractivity contribution in [3.8, 4) is 11.1 Å². The Labute approximate surface area is 231 Å². The van der Waals surface area contributed by atoms with E-state index >= 15 is 0 Å². The van der Waals surface area contributed by atoms with E-state index in [1.54, 1.807) is 48.5 Å². The molecule has 1 saturated heterocycles. The fourth-order valence-corrected chi connectivity index (χ4v) is 2.90. The molecule has 1 atom stereocenters. The Kier molecular flexibility index (Phi) is 13.3. The number of nitrogens with zero attached hydrogens (tertiary/aromatic N) is 1. The van der Waals surface area contributed by atoms with Gasteiger partial charge in [-0.25, -0.2) is 14.5 Å². The maximum absolute atomic E-state index is 11.5. The summed E-state index contributed by atoms with van der Waals surface area (Å²) in [6.07, 6.45) is -0.771. The van der Waals surface area contributed by atoms with E-state index in [1.807, 2.05) is 42.5 Å². The summed E-state index contributed by atoms with van der Waals surface area (Å²) in [6, 6.07) is 18.1. The number of halogens is 1. The van der Waals surface area contributed by atoms with E-state index in [-0.39, 0.29) is 12.0 Å². The molecule has 1 aliphatic rings. The van der Waals surface area contributed by atoms with Crippen molar-refractivity contribution in [3.05, 3.63) is 59.6 Å². The second-order valence-electron chi connectivity index (χ2n) is 10.6. The van der Waals surface area contributed by atoms with Crippen molar-refractivity contribution < 1.29 is 28.6 Å². The predicted molar refractivity (Wildman–Crippen MR) is 150 cm³/mol. The third-order valence-electron chi connectivity index (χ3n) is 4.64. The summed E-state index contributed by atoms with van der Waals surface area (Å²) in [6.45, 7) is 13.6. The van der Waals surface area contributed by atoms with Gasteiger partial charge in [0.2, 0.25) is 5.91 Å². The first-order valence-electron chi connectivity index (χ1n) is 12.5. The van der Waals surface area contributed by atoms with Gasteiger partial charge in [0.25, 0.3) is 0 Å².